The lowest BCUT2D eigenvalue weighted by atomic mass is 10.1. The number of pyridine rings is 1. The Morgan fingerprint density at radius 2 is 2.26 bits per heavy atom. The van der Waals surface area contributed by atoms with Crippen LogP contribution in [0.3, 0.4) is 0 Å². The van der Waals surface area contributed by atoms with Crippen LogP contribution in [0.25, 0.3) is 0 Å². The van der Waals surface area contributed by atoms with Crippen LogP contribution in [0.4, 0.5) is 5.69 Å². The Morgan fingerprint density at radius 1 is 1.42 bits per heavy atom. The van der Waals surface area contributed by atoms with Crippen LogP contribution in [0.1, 0.15) is 16.7 Å². The number of aliphatic imine (C=N–C) groups is 1. The van der Waals surface area contributed by atoms with E-state index in [2.05, 4.69) is 9.98 Å². The average molecular weight is 255 g/mol. The van der Waals surface area contributed by atoms with Crippen molar-refractivity contribution in [3.05, 3.63) is 69.5 Å². The van der Waals surface area contributed by atoms with Gasteiger partial charge in [0.25, 0.3) is 5.69 Å². The molecule has 0 amide bonds. The maximum absolute atomic E-state index is 10.6. The minimum absolute atomic E-state index is 0.0708. The van der Waals surface area contributed by atoms with E-state index in [1.807, 2.05) is 13.0 Å². The van der Waals surface area contributed by atoms with Crippen LogP contribution in [0.5, 0.6) is 0 Å². The molecular weight excluding hydrogens is 242 g/mol. The SMILES string of the molecule is Cc1ccncc1CN=Cc1cccc([N+](=O)[O-])c1. The minimum atomic E-state index is -0.414. The molecule has 0 unspecified atom stereocenters. The zero-order valence-electron chi connectivity index (χ0n) is 10.5. The molecule has 0 aliphatic heterocycles. The molecule has 0 aliphatic rings. The van der Waals surface area contributed by atoms with Gasteiger partial charge in [-0.3, -0.25) is 20.1 Å². The third-order valence-corrected chi connectivity index (χ3v) is 2.73. The quantitative estimate of drug-likeness (QED) is 0.479. The van der Waals surface area contributed by atoms with Crippen molar-refractivity contribution in [1.29, 1.82) is 0 Å². The van der Waals surface area contributed by atoms with Crippen LogP contribution in [0, 0.1) is 17.0 Å². The van der Waals surface area contributed by atoms with Gasteiger partial charge in [0.05, 0.1) is 11.5 Å². The van der Waals surface area contributed by atoms with E-state index in [4.69, 9.17) is 0 Å². The minimum Gasteiger partial charge on any atom is -0.288 e. The van der Waals surface area contributed by atoms with Crippen molar-refractivity contribution in [3.63, 3.8) is 0 Å². The summed E-state index contributed by atoms with van der Waals surface area (Å²) in [7, 11) is 0. The van der Waals surface area contributed by atoms with Gasteiger partial charge in [-0.2, -0.15) is 0 Å². The van der Waals surface area contributed by atoms with Crippen molar-refractivity contribution < 1.29 is 4.92 Å². The van der Waals surface area contributed by atoms with Gasteiger partial charge in [0.1, 0.15) is 0 Å². The number of hydrogen-bond acceptors (Lipinski definition) is 4. The molecule has 2 rings (SSSR count). The molecule has 19 heavy (non-hydrogen) atoms. The maximum atomic E-state index is 10.6. The molecule has 0 aliphatic carbocycles. The van der Waals surface area contributed by atoms with Gasteiger partial charge in [-0.1, -0.05) is 12.1 Å². The first-order chi connectivity index (χ1) is 9.16. The molecule has 2 aromatic rings. The van der Waals surface area contributed by atoms with Crippen LogP contribution < -0.4 is 0 Å². The van der Waals surface area contributed by atoms with Crippen LogP contribution >= 0.6 is 0 Å². The Morgan fingerprint density at radius 3 is 3.00 bits per heavy atom. The Hall–Kier alpha value is -2.56. The number of rotatable bonds is 4. The summed E-state index contributed by atoms with van der Waals surface area (Å²) in [4.78, 5) is 18.6. The molecule has 0 spiro atoms. The second-order valence-electron chi connectivity index (χ2n) is 4.12. The second-order valence-corrected chi connectivity index (χ2v) is 4.12. The molecule has 0 radical (unpaired) electrons. The summed E-state index contributed by atoms with van der Waals surface area (Å²) in [6.45, 7) is 2.52. The molecule has 0 fully saturated rings. The summed E-state index contributed by atoms with van der Waals surface area (Å²) in [5.41, 5.74) is 2.97. The van der Waals surface area contributed by atoms with Crippen molar-refractivity contribution >= 4 is 11.9 Å². The van der Waals surface area contributed by atoms with Gasteiger partial charge in [0.2, 0.25) is 0 Å². The maximum Gasteiger partial charge on any atom is 0.270 e. The summed E-state index contributed by atoms with van der Waals surface area (Å²) in [5, 5.41) is 10.6. The molecule has 5 nitrogen and oxygen atoms in total. The smallest absolute Gasteiger partial charge is 0.270 e. The fraction of sp³-hybridized carbons (Fsp3) is 0.143. The van der Waals surface area contributed by atoms with Crippen molar-refractivity contribution in [3.8, 4) is 0 Å². The van der Waals surface area contributed by atoms with E-state index in [9.17, 15) is 10.1 Å². The largest absolute Gasteiger partial charge is 0.288 e. The van der Waals surface area contributed by atoms with E-state index >= 15 is 0 Å². The first-order valence-electron chi connectivity index (χ1n) is 5.80. The van der Waals surface area contributed by atoms with Crippen molar-refractivity contribution in [2.24, 2.45) is 4.99 Å². The number of benzene rings is 1. The molecule has 1 aromatic carbocycles. The zero-order valence-corrected chi connectivity index (χ0v) is 10.5. The summed E-state index contributed by atoms with van der Waals surface area (Å²) < 4.78 is 0. The fourth-order valence-corrected chi connectivity index (χ4v) is 1.63. The van der Waals surface area contributed by atoms with Gasteiger partial charge in [-0.25, -0.2) is 0 Å². The van der Waals surface area contributed by atoms with E-state index in [1.165, 1.54) is 12.1 Å². The molecule has 5 heteroatoms. The molecule has 0 saturated carbocycles. The number of hydrogen-bond donors (Lipinski definition) is 0. The zero-order chi connectivity index (χ0) is 13.7. The highest BCUT2D eigenvalue weighted by atomic mass is 16.6. The van der Waals surface area contributed by atoms with Crippen LogP contribution in [-0.2, 0) is 6.54 Å². The van der Waals surface area contributed by atoms with Gasteiger partial charge >= 0.3 is 0 Å². The monoisotopic (exact) mass is 255 g/mol. The average Bonchev–Trinajstić information content (AvgIpc) is 2.41. The predicted molar refractivity (Wildman–Crippen MR) is 73.4 cm³/mol. The van der Waals surface area contributed by atoms with Gasteiger partial charge in [-0.15, -0.1) is 0 Å². The number of aryl methyl sites for hydroxylation is 1. The third kappa shape index (κ3) is 3.45. The molecular formula is C14H13N3O2. The molecule has 0 atom stereocenters. The highest BCUT2D eigenvalue weighted by molar-refractivity contribution is 5.80. The number of nitro benzene ring substituents is 1. The number of nitro groups is 1. The predicted octanol–water partition coefficient (Wildman–Crippen LogP) is 2.92. The number of non-ortho nitro benzene ring substituents is 1. The van der Waals surface area contributed by atoms with E-state index in [-0.39, 0.29) is 5.69 Å². The lowest BCUT2D eigenvalue weighted by Gasteiger charge is -2.00. The van der Waals surface area contributed by atoms with Crippen molar-refractivity contribution in [2.75, 3.05) is 0 Å². The van der Waals surface area contributed by atoms with Crippen LogP contribution in [-0.4, -0.2) is 16.1 Å². The van der Waals surface area contributed by atoms with E-state index < -0.39 is 4.92 Å². The number of nitrogens with zero attached hydrogens (tertiary/aromatic N) is 3. The molecule has 1 aromatic heterocycles. The van der Waals surface area contributed by atoms with Crippen LogP contribution in [0.15, 0.2) is 47.7 Å². The highest BCUT2D eigenvalue weighted by Gasteiger charge is 2.03. The summed E-state index contributed by atoms with van der Waals surface area (Å²) in [5.74, 6) is 0. The summed E-state index contributed by atoms with van der Waals surface area (Å²) in [6.07, 6.45) is 5.16. The second kappa shape index (κ2) is 5.86. The highest BCUT2D eigenvalue weighted by Crippen LogP contribution is 2.12. The Balaban J connectivity index is 2.09. The van der Waals surface area contributed by atoms with Gasteiger partial charge in [0, 0.05) is 30.7 Å². The first-order valence-corrected chi connectivity index (χ1v) is 5.80. The molecule has 96 valence electrons. The lowest BCUT2D eigenvalue weighted by molar-refractivity contribution is -0.384. The third-order valence-electron chi connectivity index (χ3n) is 2.73. The Bertz CT molecular complexity index is 624. The van der Waals surface area contributed by atoms with E-state index in [1.54, 1.807) is 30.7 Å². The first kappa shape index (κ1) is 12.9. The summed E-state index contributed by atoms with van der Waals surface area (Å²) >= 11 is 0. The molecule has 0 bridgehead atoms. The molecule has 0 saturated heterocycles. The van der Waals surface area contributed by atoms with Crippen molar-refractivity contribution in [2.45, 2.75) is 13.5 Å². The van der Waals surface area contributed by atoms with E-state index in [0.29, 0.717) is 6.54 Å². The van der Waals surface area contributed by atoms with Crippen LogP contribution in [0.2, 0.25) is 0 Å². The summed E-state index contributed by atoms with van der Waals surface area (Å²) in [6, 6.07) is 8.32. The van der Waals surface area contributed by atoms with Gasteiger partial charge in [0.15, 0.2) is 0 Å². The van der Waals surface area contributed by atoms with Crippen molar-refractivity contribution in [1.82, 2.24) is 4.98 Å². The van der Waals surface area contributed by atoms with Gasteiger partial charge in [-0.05, 0) is 29.7 Å². The fourth-order valence-electron chi connectivity index (χ4n) is 1.63. The number of aromatic nitrogens is 1. The topological polar surface area (TPSA) is 68.4 Å². The Labute approximate surface area is 110 Å². The molecule has 0 N–H and O–H groups in total. The Kier molecular flexibility index (Phi) is 3.97. The molecule has 1 heterocycles. The van der Waals surface area contributed by atoms with E-state index in [0.717, 1.165) is 16.7 Å². The normalized spacial score (nSPS) is 10.8. The van der Waals surface area contributed by atoms with Gasteiger partial charge < -0.3 is 0 Å². The standard InChI is InChI=1S/C14H13N3O2/c1-11-5-6-15-9-13(11)10-16-8-12-3-2-4-14(7-12)17(18)19/h2-9H,10H2,1H3. The lowest BCUT2D eigenvalue weighted by Crippen LogP contribution is -1.91.